The molecule has 1 radical (unpaired) electrons. The van der Waals surface area contributed by atoms with Crippen molar-refractivity contribution in [3.63, 3.8) is 0 Å². The fraction of sp³-hybridized carbons (Fsp3) is 0.143. The number of hydrogen-bond donors (Lipinski definition) is 0. The molecule has 6 aromatic heterocycles. The van der Waals surface area contributed by atoms with E-state index >= 15 is 0 Å². The van der Waals surface area contributed by atoms with Crippen molar-refractivity contribution in [2.75, 3.05) is 0 Å². The van der Waals surface area contributed by atoms with Gasteiger partial charge in [-0.3, -0.25) is 29.9 Å². The van der Waals surface area contributed by atoms with E-state index in [2.05, 4.69) is 108 Å². The average molecular weight is 905 g/mol. The van der Waals surface area contributed by atoms with Crippen LogP contribution in [0.5, 0.6) is 0 Å². The van der Waals surface area contributed by atoms with E-state index in [9.17, 15) is 0 Å². The largest absolute Gasteiger partial charge is 2.00 e. The van der Waals surface area contributed by atoms with Crippen LogP contribution in [0.15, 0.2) is 110 Å². The number of aromatic nitrogens is 6. The van der Waals surface area contributed by atoms with Gasteiger partial charge in [0.25, 0.3) is 0 Å². The summed E-state index contributed by atoms with van der Waals surface area (Å²) in [7, 11) is -9.89. The molecule has 2 N–H and O–H groups in total. The van der Waals surface area contributed by atoms with Crippen molar-refractivity contribution in [3.05, 3.63) is 143 Å². The van der Waals surface area contributed by atoms with Gasteiger partial charge in [0.1, 0.15) is 0 Å². The molecular formula is C42H38Cl2CuN6O9. The maximum atomic E-state index is 8.49. The zero-order valence-corrected chi connectivity index (χ0v) is 35.4. The van der Waals surface area contributed by atoms with Crippen molar-refractivity contribution in [2.45, 2.75) is 41.5 Å². The Hall–Kier alpha value is -5.14. The van der Waals surface area contributed by atoms with E-state index in [1.54, 1.807) is 0 Å². The molecule has 3 aromatic carbocycles. The molecule has 0 amide bonds. The van der Waals surface area contributed by atoms with Crippen molar-refractivity contribution in [1.82, 2.24) is 29.9 Å². The van der Waals surface area contributed by atoms with Gasteiger partial charge in [0.15, 0.2) is 0 Å². The Bertz CT molecular complexity index is 2400. The van der Waals surface area contributed by atoms with Crippen LogP contribution in [-0.2, 0) is 17.1 Å². The molecule has 9 aromatic rings. The summed E-state index contributed by atoms with van der Waals surface area (Å²) in [5, 5.41) is 7.20. The van der Waals surface area contributed by atoms with Crippen molar-refractivity contribution in [1.29, 1.82) is 0 Å². The summed E-state index contributed by atoms with van der Waals surface area (Å²) >= 11 is 0. The molecule has 0 atom stereocenters. The van der Waals surface area contributed by atoms with Gasteiger partial charge in [0.2, 0.25) is 0 Å². The van der Waals surface area contributed by atoms with E-state index in [4.69, 9.17) is 37.3 Å². The van der Waals surface area contributed by atoms with Crippen LogP contribution in [0.4, 0.5) is 0 Å². The smallest absolute Gasteiger partial charge is 0.412 e. The zero-order valence-electron chi connectivity index (χ0n) is 32.9. The third kappa shape index (κ3) is 12.0. The van der Waals surface area contributed by atoms with Gasteiger partial charge in [-0.15, -0.1) is 20.5 Å². The molecular weight excluding hydrogens is 867 g/mol. The second-order valence-electron chi connectivity index (χ2n) is 12.9. The van der Waals surface area contributed by atoms with Gasteiger partial charge in [-0.1, -0.05) is 36.4 Å². The molecule has 0 aliphatic heterocycles. The topological polar surface area (TPSA) is 293 Å². The van der Waals surface area contributed by atoms with E-state index in [1.807, 2.05) is 73.6 Å². The third-order valence-electron chi connectivity index (χ3n) is 9.63. The summed E-state index contributed by atoms with van der Waals surface area (Å²) in [6.45, 7) is 12.9. The molecule has 0 spiro atoms. The van der Waals surface area contributed by atoms with E-state index in [0.717, 1.165) is 33.1 Å². The normalized spacial score (nSPS) is 10.9. The number of halogens is 2. The number of fused-ring (bicyclic) bond motifs is 9. The number of rotatable bonds is 0. The van der Waals surface area contributed by atoms with Crippen LogP contribution >= 0.6 is 0 Å². The maximum absolute atomic E-state index is 8.49. The van der Waals surface area contributed by atoms with Crippen LogP contribution in [0.3, 0.4) is 0 Å². The van der Waals surface area contributed by atoms with E-state index < -0.39 is 20.5 Å². The van der Waals surface area contributed by atoms with Crippen LogP contribution in [0, 0.1) is 62.0 Å². The van der Waals surface area contributed by atoms with Gasteiger partial charge in [0, 0.05) is 69.5 Å². The summed E-state index contributed by atoms with van der Waals surface area (Å²) in [4.78, 5) is 26.7. The predicted molar refractivity (Wildman–Crippen MR) is 203 cm³/mol. The van der Waals surface area contributed by atoms with Gasteiger partial charge in [-0.05, 0) is 111 Å². The number of aryl methyl sites for hydroxylation is 6. The average Bonchev–Trinajstić information content (AvgIpc) is 3.20. The molecule has 0 aliphatic rings. The molecule has 18 heteroatoms. The number of pyridine rings is 6. The Labute approximate surface area is 359 Å². The molecule has 9 rings (SSSR count). The van der Waals surface area contributed by atoms with Gasteiger partial charge in [0.05, 0.1) is 33.1 Å². The predicted octanol–water partition coefficient (Wildman–Crippen LogP) is -0.140. The second kappa shape index (κ2) is 20.9. The second-order valence-corrected chi connectivity index (χ2v) is 14.4. The Balaban J connectivity index is 0.000000213. The van der Waals surface area contributed by atoms with Gasteiger partial charge >= 0.3 is 17.1 Å². The molecule has 0 saturated heterocycles. The Morgan fingerprint density at radius 3 is 0.533 bits per heavy atom. The quantitative estimate of drug-likeness (QED) is 0.141. The summed E-state index contributed by atoms with van der Waals surface area (Å²) in [6.07, 6.45) is 10.9. The van der Waals surface area contributed by atoms with E-state index in [0.29, 0.717) is 0 Å². The van der Waals surface area contributed by atoms with E-state index in [-0.39, 0.29) is 22.5 Å². The molecule has 6 heterocycles. The summed E-state index contributed by atoms with van der Waals surface area (Å²) in [5.41, 5.74) is 13.8. The first-order valence-corrected chi connectivity index (χ1v) is 19.8. The molecule has 0 aliphatic carbocycles. The Morgan fingerprint density at radius 2 is 0.417 bits per heavy atom. The summed E-state index contributed by atoms with van der Waals surface area (Å²) < 4.78 is 67.9. The Morgan fingerprint density at radius 1 is 0.300 bits per heavy atom. The number of benzene rings is 3. The minimum absolute atomic E-state index is 0. The molecule has 315 valence electrons. The third-order valence-corrected chi connectivity index (χ3v) is 9.63. The van der Waals surface area contributed by atoms with Gasteiger partial charge < -0.3 is 5.48 Å². The molecule has 60 heavy (non-hydrogen) atoms. The van der Waals surface area contributed by atoms with Crippen LogP contribution in [0.2, 0.25) is 0 Å². The van der Waals surface area contributed by atoms with Crippen LogP contribution < -0.4 is 37.3 Å². The zero-order chi connectivity index (χ0) is 42.4. The van der Waals surface area contributed by atoms with E-state index in [1.165, 1.54) is 65.7 Å². The minimum atomic E-state index is -4.94. The monoisotopic (exact) mass is 903 g/mol. The molecule has 0 fully saturated rings. The fourth-order valence-corrected chi connectivity index (χ4v) is 6.59. The van der Waals surface area contributed by atoms with Gasteiger partial charge in [-0.2, -0.15) is 0 Å². The van der Waals surface area contributed by atoms with Crippen molar-refractivity contribution in [3.8, 4) is 0 Å². The maximum Gasteiger partial charge on any atom is 2.00 e. The standard InChI is InChI=1S/3C14H12N2.2ClHO4.Cu.H2O/c3*1-9-10(2)12-6-4-8-16-14(12)13-11(9)5-3-7-15-13;2*2-1(3,4)5;;/h3*3-8H,1-2H3;2*(H,2,3,4,5);;1H2/q;;;;;+2;/p-2. The summed E-state index contributed by atoms with van der Waals surface area (Å²) in [6, 6.07) is 24.5. The fourth-order valence-electron chi connectivity index (χ4n) is 6.59. The van der Waals surface area contributed by atoms with Crippen molar-refractivity contribution in [2.24, 2.45) is 0 Å². The first-order valence-electron chi connectivity index (χ1n) is 17.4. The van der Waals surface area contributed by atoms with Gasteiger partial charge in [-0.25, -0.2) is 37.3 Å². The Kier molecular flexibility index (Phi) is 17.1. The van der Waals surface area contributed by atoms with Crippen LogP contribution in [0.25, 0.3) is 65.4 Å². The molecule has 15 nitrogen and oxygen atoms in total. The number of nitrogens with zero attached hydrogens (tertiary/aromatic N) is 6. The number of hydrogen-bond acceptors (Lipinski definition) is 14. The van der Waals surface area contributed by atoms with Crippen molar-refractivity contribution >= 4 is 65.4 Å². The first-order chi connectivity index (χ1) is 27.4. The minimum Gasteiger partial charge on any atom is -0.412 e. The summed E-state index contributed by atoms with van der Waals surface area (Å²) in [5.74, 6) is 0. The SMILES string of the molecule is Cc1c(C)c2cccnc2c2ncccc12.Cc1c(C)c2cccnc2c2ncccc12.Cc1c(C)c2cccnc2c2ncccc12.O.[Cu+2].[O-][Cl+3]([O-])([O-])[O-].[O-][Cl+3]([O-])([O-])[O-]. The van der Waals surface area contributed by atoms with Crippen LogP contribution in [0.1, 0.15) is 33.4 Å². The molecule has 0 saturated carbocycles. The van der Waals surface area contributed by atoms with Crippen LogP contribution in [-0.4, -0.2) is 35.4 Å². The first kappa shape index (κ1) is 49.2. The molecule has 0 bridgehead atoms. The molecule has 0 unspecified atom stereocenters. The van der Waals surface area contributed by atoms with Crippen molar-refractivity contribution < 1.29 is 80.3 Å².